The highest BCUT2D eigenvalue weighted by Gasteiger charge is 2.35. The highest BCUT2D eigenvalue weighted by atomic mass is 16.5. The predicted octanol–water partition coefficient (Wildman–Crippen LogP) is 2.22. The van der Waals surface area contributed by atoms with Crippen molar-refractivity contribution in [2.45, 2.75) is 37.7 Å². The van der Waals surface area contributed by atoms with Crippen LogP contribution in [-0.2, 0) is 16.0 Å². The minimum atomic E-state index is -0.514. The van der Waals surface area contributed by atoms with Gasteiger partial charge in [0.2, 0.25) is 11.8 Å². The summed E-state index contributed by atoms with van der Waals surface area (Å²) in [5.41, 5.74) is 4.26. The van der Waals surface area contributed by atoms with E-state index in [2.05, 4.69) is 25.7 Å². The first kappa shape index (κ1) is 23.2. The number of aliphatic hydroxyl groups is 1. The molecule has 2 aliphatic rings. The number of likely N-dealkylation sites (tertiary alicyclic amines) is 1. The number of rotatable bonds is 7. The Kier molecular flexibility index (Phi) is 6.36. The number of amides is 2. The number of carbonyl (C=O) groups excluding carboxylic acids is 2. The summed E-state index contributed by atoms with van der Waals surface area (Å²) in [6, 6.07) is 13.6. The van der Waals surface area contributed by atoms with Gasteiger partial charge < -0.3 is 25.2 Å². The fraction of sp³-hybridized carbons (Fsp3) is 0.385. The highest BCUT2D eigenvalue weighted by molar-refractivity contribution is 5.99. The van der Waals surface area contributed by atoms with Crippen LogP contribution < -0.4 is 10.6 Å². The van der Waals surface area contributed by atoms with Crippen LogP contribution in [0.25, 0.3) is 11.5 Å². The molecular formula is C26H29N5O4. The summed E-state index contributed by atoms with van der Waals surface area (Å²) < 4.78 is 5.38. The van der Waals surface area contributed by atoms with E-state index < -0.39 is 5.92 Å². The Morgan fingerprint density at radius 3 is 2.86 bits per heavy atom. The van der Waals surface area contributed by atoms with Crippen molar-refractivity contribution in [1.82, 2.24) is 20.4 Å². The zero-order chi connectivity index (χ0) is 24.5. The molecule has 2 aliphatic heterocycles. The van der Waals surface area contributed by atoms with Crippen molar-refractivity contribution in [3.63, 3.8) is 0 Å². The molecule has 1 fully saturated rings. The fourth-order valence-corrected chi connectivity index (χ4v) is 5.12. The summed E-state index contributed by atoms with van der Waals surface area (Å²) in [5, 5.41) is 19.8. The van der Waals surface area contributed by atoms with Crippen LogP contribution in [0.2, 0.25) is 0 Å². The van der Waals surface area contributed by atoms with Crippen LogP contribution in [0.4, 0.5) is 5.69 Å². The number of aromatic nitrogens is 2. The first-order valence-corrected chi connectivity index (χ1v) is 11.9. The monoisotopic (exact) mass is 475 g/mol. The van der Waals surface area contributed by atoms with Crippen molar-refractivity contribution in [1.29, 1.82) is 0 Å². The van der Waals surface area contributed by atoms with Gasteiger partial charge in [-0.15, -0.1) is 0 Å². The summed E-state index contributed by atoms with van der Waals surface area (Å²) in [5.74, 6) is 0.0873. The van der Waals surface area contributed by atoms with Gasteiger partial charge in [0.05, 0.1) is 18.4 Å². The van der Waals surface area contributed by atoms with E-state index in [-0.39, 0.29) is 23.8 Å². The van der Waals surface area contributed by atoms with Crippen LogP contribution in [0, 0.1) is 6.92 Å². The molecule has 1 saturated heterocycles. The topological polar surface area (TPSA) is 121 Å². The minimum Gasteiger partial charge on any atom is -0.392 e. The molecule has 1 aromatic heterocycles. The number of β-amino-alcohol motifs (C(OH)–C–C–N with tert-alkyl or cyclic N) is 1. The molecule has 182 valence electrons. The lowest BCUT2D eigenvalue weighted by atomic mass is 9.79. The fourth-order valence-electron chi connectivity index (χ4n) is 5.12. The van der Waals surface area contributed by atoms with Crippen molar-refractivity contribution in [2.75, 3.05) is 32.0 Å². The third-order valence-corrected chi connectivity index (χ3v) is 6.84. The molecule has 2 aromatic carbocycles. The van der Waals surface area contributed by atoms with Crippen LogP contribution >= 0.6 is 0 Å². The maximum absolute atomic E-state index is 13.4. The molecule has 0 bridgehead atoms. The molecule has 3 aromatic rings. The summed E-state index contributed by atoms with van der Waals surface area (Å²) in [6.45, 7) is 3.69. The standard InChI is InChI=1S/C26H29N5O4/c1-15-28-26(35-30-15)19-5-3-4-16(10-19)21(14-31-9-8-20(32)13-31)24(25(34)27-2)18-7-6-17-12-23(33)29-22(17)11-18/h3-7,10-11,20-21,24,32H,8-9,12-14H2,1-2H3,(H,27,34)(H,29,33)/t20-,21+,24?/m0/s1. The van der Waals surface area contributed by atoms with Gasteiger partial charge >= 0.3 is 0 Å². The van der Waals surface area contributed by atoms with Gasteiger partial charge in [0.15, 0.2) is 5.82 Å². The number of anilines is 1. The van der Waals surface area contributed by atoms with E-state index in [0.717, 1.165) is 34.5 Å². The van der Waals surface area contributed by atoms with E-state index >= 15 is 0 Å². The first-order chi connectivity index (χ1) is 16.9. The molecule has 3 atom stereocenters. The van der Waals surface area contributed by atoms with Crippen molar-refractivity contribution in [3.05, 3.63) is 65.0 Å². The number of fused-ring (bicyclic) bond motifs is 1. The smallest absolute Gasteiger partial charge is 0.257 e. The van der Waals surface area contributed by atoms with E-state index in [1.807, 2.05) is 42.5 Å². The minimum absolute atomic E-state index is 0.0428. The number of hydrogen-bond donors (Lipinski definition) is 3. The van der Waals surface area contributed by atoms with Gasteiger partial charge in [-0.05, 0) is 48.2 Å². The Labute approximate surface area is 203 Å². The Morgan fingerprint density at radius 2 is 2.14 bits per heavy atom. The Balaban J connectivity index is 1.57. The SMILES string of the molecule is CNC(=O)C(c1ccc2c(c1)NC(=O)C2)[C@H](CN1CC[C@H](O)C1)c1cccc(-c2nc(C)no2)c1. The zero-order valence-corrected chi connectivity index (χ0v) is 19.8. The second-order valence-electron chi connectivity index (χ2n) is 9.31. The predicted molar refractivity (Wildman–Crippen MR) is 130 cm³/mol. The molecule has 3 heterocycles. The van der Waals surface area contributed by atoms with E-state index in [4.69, 9.17) is 4.52 Å². The summed E-state index contributed by atoms with van der Waals surface area (Å²) in [7, 11) is 1.64. The molecule has 0 radical (unpaired) electrons. The molecule has 0 saturated carbocycles. The highest BCUT2D eigenvalue weighted by Crippen LogP contribution is 2.38. The zero-order valence-electron chi connectivity index (χ0n) is 19.8. The second-order valence-corrected chi connectivity index (χ2v) is 9.31. The molecule has 9 nitrogen and oxygen atoms in total. The number of aliphatic hydroxyl groups excluding tert-OH is 1. The van der Waals surface area contributed by atoms with Crippen molar-refractivity contribution < 1.29 is 19.2 Å². The van der Waals surface area contributed by atoms with Gasteiger partial charge in [0.25, 0.3) is 5.89 Å². The molecule has 5 rings (SSSR count). The van der Waals surface area contributed by atoms with Gasteiger partial charge in [-0.1, -0.05) is 29.4 Å². The average molecular weight is 476 g/mol. The molecule has 35 heavy (non-hydrogen) atoms. The summed E-state index contributed by atoms with van der Waals surface area (Å²) in [6.07, 6.45) is 0.696. The van der Waals surface area contributed by atoms with E-state index in [1.54, 1.807) is 14.0 Å². The van der Waals surface area contributed by atoms with Crippen LogP contribution in [0.1, 0.15) is 40.8 Å². The molecule has 0 aliphatic carbocycles. The number of aryl methyl sites for hydroxylation is 1. The number of nitrogens with one attached hydrogen (secondary N) is 2. The van der Waals surface area contributed by atoms with E-state index in [9.17, 15) is 14.7 Å². The lowest BCUT2D eigenvalue weighted by Gasteiger charge is -2.31. The molecule has 9 heteroatoms. The van der Waals surface area contributed by atoms with E-state index in [0.29, 0.717) is 37.6 Å². The lowest BCUT2D eigenvalue weighted by molar-refractivity contribution is -0.122. The Bertz CT molecular complexity index is 1260. The van der Waals surface area contributed by atoms with Gasteiger partial charge in [-0.3, -0.25) is 9.59 Å². The van der Waals surface area contributed by atoms with Crippen LogP contribution in [0.15, 0.2) is 47.0 Å². The summed E-state index contributed by atoms with van der Waals surface area (Å²) in [4.78, 5) is 31.9. The molecule has 2 amide bonds. The third-order valence-electron chi connectivity index (χ3n) is 6.84. The first-order valence-electron chi connectivity index (χ1n) is 11.9. The molecule has 1 unspecified atom stereocenters. The second kappa shape index (κ2) is 9.59. The van der Waals surface area contributed by atoms with Gasteiger partial charge in [-0.2, -0.15) is 4.98 Å². The number of likely N-dealkylation sites (N-methyl/N-ethyl adjacent to an activating group) is 1. The largest absolute Gasteiger partial charge is 0.392 e. The third kappa shape index (κ3) is 4.82. The number of nitrogens with zero attached hydrogens (tertiary/aromatic N) is 3. The molecule has 3 N–H and O–H groups in total. The Morgan fingerprint density at radius 1 is 1.29 bits per heavy atom. The van der Waals surface area contributed by atoms with Crippen LogP contribution in [0.3, 0.4) is 0 Å². The number of hydrogen-bond acceptors (Lipinski definition) is 7. The van der Waals surface area contributed by atoms with Gasteiger partial charge in [0, 0.05) is 43.9 Å². The van der Waals surface area contributed by atoms with Gasteiger partial charge in [-0.25, -0.2) is 0 Å². The van der Waals surface area contributed by atoms with Crippen molar-refractivity contribution in [2.24, 2.45) is 0 Å². The number of benzene rings is 2. The maximum Gasteiger partial charge on any atom is 0.257 e. The summed E-state index contributed by atoms with van der Waals surface area (Å²) >= 11 is 0. The lowest BCUT2D eigenvalue weighted by Crippen LogP contribution is -2.36. The quantitative estimate of drug-likeness (QED) is 0.479. The van der Waals surface area contributed by atoms with Crippen molar-refractivity contribution >= 4 is 17.5 Å². The van der Waals surface area contributed by atoms with Crippen LogP contribution in [0.5, 0.6) is 0 Å². The average Bonchev–Trinajstić information content (AvgIpc) is 3.57. The van der Waals surface area contributed by atoms with Crippen LogP contribution in [-0.4, -0.2) is 64.7 Å². The van der Waals surface area contributed by atoms with Gasteiger partial charge in [0.1, 0.15) is 0 Å². The molecular weight excluding hydrogens is 446 g/mol. The van der Waals surface area contributed by atoms with E-state index in [1.165, 1.54) is 0 Å². The van der Waals surface area contributed by atoms with Crippen molar-refractivity contribution in [3.8, 4) is 11.5 Å². The number of carbonyl (C=O) groups is 2. The maximum atomic E-state index is 13.4. The molecule has 0 spiro atoms. The normalized spacial score (nSPS) is 19.3. The Hall–Kier alpha value is -3.56.